The van der Waals surface area contributed by atoms with E-state index in [9.17, 15) is 0 Å². The van der Waals surface area contributed by atoms with E-state index in [0.29, 0.717) is 0 Å². The molecule has 0 atom stereocenters. The summed E-state index contributed by atoms with van der Waals surface area (Å²) in [5.74, 6) is 0. The molecule has 0 radical (unpaired) electrons. The fourth-order valence-electron chi connectivity index (χ4n) is 6.74. The number of rotatable bonds is 6. The molecule has 0 fully saturated rings. The van der Waals surface area contributed by atoms with Gasteiger partial charge in [0.25, 0.3) is 0 Å². The summed E-state index contributed by atoms with van der Waals surface area (Å²) in [7, 11) is 0. The average Bonchev–Trinajstić information content (AvgIpc) is 3.55. The molecule has 0 aliphatic rings. The fourth-order valence-corrected chi connectivity index (χ4v) is 6.74. The van der Waals surface area contributed by atoms with Gasteiger partial charge in [-0.1, -0.05) is 140 Å². The Kier molecular flexibility index (Phi) is 6.80. The molecule has 226 valence electrons. The second-order valence-electron chi connectivity index (χ2n) is 12.0. The highest BCUT2D eigenvalue weighted by atomic mass is 16.3. The van der Waals surface area contributed by atoms with Crippen molar-refractivity contribution in [1.82, 2.24) is 4.98 Å². The molecule has 0 aliphatic carbocycles. The maximum Gasteiger partial charge on any atom is 0.155 e. The van der Waals surface area contributed by atoms with E-state index in [1.807, 2.05) is 12.3 Å². The summed E-state index contributed by atoms with van der Waals surface area (Å²) in [6.45, 7) is 0. The molecule has 0 amide bonds. The van der Waals surface area contributed by atoms with Crippen LogP contribution in [-0.4, -0.2) is 4.98 Å². The summed E-state index contributed by atoms with van der Waals surface area (Å²) >= 11 is 0. The first-order valence-electron chi connectivity index (χ1n) is 16.2. The molecule has 0 saturated carbocycles. The standard InChI is InChI=1S/C45H30N2O/c1-4-12-31(13-5-1)33-20-24-37(25-21-33)47(38-29-43-44(46-30-38)40-26-22-35-18-10-11-19-39(35)45(40)48-43)42-27-23-36(32-14-6-2-7-15-32)28-41(42)34-16-8-3-9-17-34/h1-30H. The number of hydrogen-bond donors (Lipinski definition) is 0. The Bertz CT molecular complexity index is 2540. The second-order valence-corrected chi connectivity index (χ2v) is 12.0. The van der Waals surface area contributed by atoms with Crippen molar-refractivity contribution < 1.29 is 4.42 Å². The molecule has 0 aliphatic heterocycles. The van der Waals surface area contributed by atoms with Gasteiger partial charge in [0.05, 0.1) is 17.6 Å². The van der Waals surface area contributed by atoms with Gasteiger partial charge in [0, 0.05) is 28.1 Å². The predicted octanol–water partition coefficient (Wildman–Crippen LogP) is 12.6. The van der Waals surface area contributed by atoms with Crippen LogP contribution in [0.25, 0.3) is 66.2 Å². The molecule has 3 heteroatoms. The minimum absolute atomic E-state index is 0.756. The van der Waals surface area contributed by atoms with Crippen molar-refractivity contribution in [2.75, 3.05) is 4.90 Å². The topological polar surface area (TPSA) is 29.3 Å². The highest BCUT2D eigenvalue weighted by Gasteiger charge is 2.21. The maximum atomic E-state index is 6.61. The Morgan fingerprint density at radius 2 is 1.04 bits per heavy atom. The van der Waals surface area contributed by atoms with Gasteiger partial charge in [-0.3, -0.25) is 0 Å². The SMILES string of the molecule is c1ccc(-c2ccc(N(c3cnc4c(c3)oc3c5ccccc5ccc43)c3ccc(-c4ccccc4)cc3-c3ccccc3)cc2)cc1. The van der Waals surface area contributed by atoms with Crippen LogP contribution >= 0.6 is 0 Å². The summed E-state index contributed by atoms with van der Waals surface area (Å²) in [6.07, 6.45) is 1.97. The zero-order chi connectivity index (χ0) is 31.9. The molecule has 0 spiro atoms. The highest BCUT2D eigenvalue weighted by molar-refractivity contribution is 6.14. The van der Waals surface area contributed by atoms with Gasteiger partial charge in [-0.05, 0) is 63.5 Å². The van der Waals surface area contributed by atoms with E-state index in [4.69, 9.17) is 9.40 Å². The van der Waals surface area contributed by atoms with Crippen molar-refractivity contribution in [2.45, 2.75) is 0 Å². The van der Waals surface area contributed by atoms with Gasteiger partial charge in [0.1, 0.15) is 11.1 Å². The number of anilines is 3. The zero-order valence-electron chi connectivity index (χ0n) is 26.1. The number of furan rings is 1. The van der Waals surface area contributed by atoms with E-state index in [1.54, 1.807) is 0 Å². The Morgan fingerprint density at radius 3 is 1.77 bits per heavy atom. The van der Waals surface area contributed by atoms with Crippen LogP contribution in [0.1, 0.15) is 0 Å². The van der Waals surface area contributed by atoms with E-state index in [1.165, 1.54) is 16.7 Å². The molecule has 3 nitrogen and oxygen atoms in total. The molecule has 2 aromatic heterocycles. The average molecular weight is 615 g/mol. The Balaban J connectivity index is 1.26. The third kappa shape index (κ3) is 4.90. The lowest BCUT2D eigenvalue weighted by Gasteiger charge is -2.28. The van der Waals surface area contributed by atoms with E-state index < -0.39 is 0 Å². The number of nitrogens with zero attached hydrogens (tertiary/aromatic N) is 2. The molecule has 0 saturated heterocycles. The van der Waals surface area contributed by atoms with Crippen LogP contribution in [0.3, 0.4) is 0 Å². The van der Waals surface area contributed by atoms with E-state index in [2.05, 4.69) is 175 Å². The summed E-state index contributed by atoms with van der Waals surface area (Å²) in [5.41, 5.74) is 12.4. The summed E-state index contributed by atoms with van der Waals surface area (Å²) < 4.78 is 6.61. The number of pyridine rings is 1. The lowest BCUT2D eigenvalue weighted by molar-refractivity contribution is 0.672. The molecule has 48 heavy (non-hydrogen) atoms. The van der Waals surface area contributed by atoms with Gasteiger partial charge < -0.3 is 9.32 Å². The lowest BCUT2D eigenvalue weighted by Crippen LogP contribution is -2.11. The van der Waals surface area contributed by atoms with Crippen molar-refractivity contribution in [1.29, 1.82) is 0 Å². The number of hydrogen-bond acceptors (Lipinski definition) is 3. The number of aromatic nitrogens is 1. The minimum atomic E-state index is 0.756. The van der Waals surface area contributed by atoms with Crippen LogP contribution in [0.2, 0.25) is 0 Å². The van der Waals surface area contributed by atoms with Crippen molar-refractivity contribution in [3.63, 3.8) is 0 Å². The van der Waals surface area contributed by atoms with Gasteiger partial charge in [-0.2, -0.15) is 0 Å². The normalized spacial score (nSPS) is 11.3. The van der Waals surface area contributed by atoms with Crippen LogP contribution in [-0.2, 0) is 0 Å². The van der Waals surface area contributed by atoms with Crippen LogP contribution < -0.4 is 4.90 Å². The van der Waals surface area contributed by atoms with Gasteiger partial charge in [-0.25, -0.2) is 4.98 Å². The smallest absolute Gasteiger partial charge is 0.155 e. The van der Waals surface area contributed by atoms with E-state index in [0.717, 1.165) is 66.6 Å². The first-order valence-corrected chi connectivity index (χ1v) is 16.2. The summed E-state index contributed by atoms with van der Waals surface area (Å²) in [5, 5.41) is 3.26. The molecule has 9 rings (SSSR count). The van der Waals surface area contributed by atoms with Crippen LogP contribution in [0.5, 0.6) is 0 Å². The van der Waals surface area contributed by atoms with Crippen molar-refractivity contribution in [3.05, 3.63) is 182 Å². The van der Waals surface area contributed by atoms with Gasteiger partial charge in [-0.15, -0.1) is 0 Å². The quantitative estimate of drug-likeness (QED) is 0.187. The molecule has 2 heterocycles. The van der Waals surface area contributed by atoms with Crippen molar-refractivity contribution in [3.8, 4) is 33.4 Å². The number of benzene rings is 7. The van der Waals surface area contributed by atoms with Crippen LogP contribution in [0, 0.1) is 0 Å². The molecule has 0 N–H and O–H groups in total. The van der Waals surface area contributed by atoms with Gasteiger partial charge >= 0.3 is 0 Å². The highest BCUT2D eigenvalue weighted by Crippen LogP contribution is 2.44. The Morgan fingerprint density at radius 1 is 0.438 bits per heavy atom. The van der Waals surface area contributed by atoms with Gasteiger partial charge in [0.15, 0.2) is 5.58 Å². The molecule has 7 aromatic carbocycles. The largest absolute Gasteiger partial charge is 0.454 e. The van der Waals surface area contributed by atoms with Crippen LogP contribution in [0.15, 0.2) is 187 Å². The van der Waals surface area contributed by atoms with Gasteiger partial charge in [0.2, 0.25) is 0 Å². The monoisotopic (exact) mass is 614 g/mol. The minimum Gasteiger partial charge on any atom is -0.454 e. The third-order valence-electron chi connectivity index (χ3n) is 9.11. The molecule has 0 bridgehead atoms. The lowest BCUT2D eigenvalue weighted by atomic mass is 9.96. The first-order chi connectivity index (χ1) is 23.8. The molecule has 9 aromatic rings. The third-order valence-corrected chi connectivity index (χ3v) is 9.11. The molecule has 0 unspecified atom stereocenters. The Hall–Kier alpha value is -6.45. The molecular weight excluding hydrogens is 585 g/mol. The Labute approximate surface area is 279 Å². The predicted molar refractivity (Wildman–Crippen MR) is 200 cm³/mol. The van der Waals surface area contributed by atoms with E-state index in [-0.39, 0.29) is 0 Å². The molecular formula is C45H30N2O. The summed E-state index contributed by atoms with van der Waals surface area (Å²) in [4.78, 5) is 7.34. The van der Waals surface area contributed by atoms with Crippen molar-refractivity contribution >= 4 is 49.9 Å². The maximum absolute atomic E-state index is 6.61. The van der Waals surface area contributed by atoms with E-state index >= 15 is 0 Å². The summed E-state index contributed by atoms with van der Waals surface area (Å²) in [6, 6.07) is 61.9. The number of fused-ring (bicyclic) bond motifs is 5. The van der Waals surface area contributed by atoms with Crippen molar-refractivity contribution in [2.24, 2.45) is 0 Å². The first kappa shape index (κ1) is 27.8. The second kappa shape index (κ2) is 11.7. The van der Waals surface area contributed by atoms with Crippen LogP contribution in [0.4, 0.5) is 17.1 Å². The fraction of sp³-hybridized carbons (Fsp3) is 0. The zero-order valence-corrected chi connectivity index (χ0v) is 26.1.